The van der Waals surface area contributed by atoms with Crippen LogP contribution >= 0.6 is 0 Å². The molecule has 5 nitrogen and oxygen atoms in total. The van der Waals surface area contributed by atoms with E-state index in [4.69, 9.17) is 16.2 Å². The fourth-order valence-corrected chi connectivity index (χ4v) is 3.55. The molecule has 2 atom stereocenters. The lowest BCUT2D eigenvalue weighted by molar-refractivity contribution is 0.00844. The summed E-state index contributed by atoms with van der Waals surface area (Å²) in [6.45, 7) is 6.28. The van der Waals surface area contributed by atoms with Crippen LogP contribution in [0.25, 0.3) is 0 Å². The van der Waals surface area contributed by atoms with Crippen LogP contribution in [0.3, 0.4) is 0 Å². The summed E-state index contributed by atoms with van der Waals surface area (Å²) in [5.74, 6) is 0.482. The molecule has 1 fully saturated rings. The zero-order valence-corrected chi connectivity index (χ0v) is 17.1. The molecule has 1 heterocycles. The molecule has 0 radical (unpaired) electrons. The highest BCUT2D eigenvalue weighted by atomic mass is 16.5. The Balaban J connectivity index is 1.74. The van der Waals surface area contributed by atoms with Gasteiger partial charge in [0.1, 0.15) is 6.17 Å². The average molecular weight is 393 g/mol. The summed E-state index contributed by atoms with van der Waals surface area (Å²) >= 11 is 0. The van der Waals surface area contributed by atoms with Crippen molar-refractivity contribution in [1.82, 2.24) is 5.32 Å². The van der Waals surface area contributed by atoms with E-state index in [0.29, 0.717) is 12.3 Å². The van der Waals surface area contributed by atoms with Gasteiger partial charge in [-0.1, -0.05) is 55.1 Å². The summed E-state index contributed by atoms with van der Waals surface area (Å²) in [7, 11) is 1.92. The maximum Gasteiger partial charge on any atom is 0.101 e. The normalized spacial score (nSPS) is 16.7. The molecule has 2 unspecified atom stereocenters. The highest BCUT2D eigenvalue weighted by molar-refractivity contribution is 5.49. The minimum absolute atomic E-state index is 0.154. The summed E-state index contributed by atoms with van der Waals surface area (Å²) in [4.78, 5) is 0. The number of anilines is 1. The maximum atomic E-state index is 6.56. The van der Waals surface area contributed by atoms with E-state index in [2.05, 4.69) is 47.6 Å². The first-order valence-electron chi connectivity index (χ1n) is 10.1. The van der Waals surface area contributed by atoms with Gasteiger partial charge in [-0.2, -0.15) is 0 Å². The Hall–Kier alpha value is -2.44. The van der Waals surface area contributed by atoms with Gasteiger partial charge in [0.05, 0.1) is 13.2 Å². The Morgan fingerprint density at radius 3 is 2.59 bits per heavy atom. The summed E-state index contributed by atoms with van der Waals surface area (Å²) < 4.78 is 5.31. The summed E-state index contributed by atoms with van der Waals surface area (Å²) in [6.07, 6.45) is 4.35. The summed E-state index contributed by atoms with van der Waals surface area (Å²) in [6, 6.07) is 16.4. The smallest absolute Gasteiger partial charge is 0.101 e. The molecule has 0 bridgehead atoms. The highest BCUT2D eigenvalue weighted by Gasteiger charge is 2.21. The predicted molar refractivity (Wildman–Crippen MR) is 121 cm³/mol. The van der Waals surface area contributed by atoms with Gasteiger partial charge in [0, 0.05) is 24.2 Å². The first-order chi connectivity index (χ1) is 14.1. The largest absolute Gasteiger partial charge is 0.380 e. The first-order valence-corrected chi connectivity index (χ1v) is 10.1. The third-order valence-electron chi connectivity index (χ3n) is 5.33. The molecule has 3 rings (SSSR count). The molecular weight excluding hydrogens is 360 g/mol. The molecule has 1 saturated heterocycles. The van der Waals surface area contributed by atoms with E-state index in [1.54, 1.807) is 0 Å². The van der Waals surface area contributed by atoms with E-state index in [9.17, 15) is 0 Å². The van der Waals surface area contributed by atoms with E-state index < -0.39 is 0 Å². The van der Waals surface area contributed by atoms with Crippen LogP contribution in [0.5, 0.6) is 0 Å². The highest BCUT2D eigenvalue weighted by Crippen LogP contribution is 2.29. The standard InChI is InChI=1S/C24H32N4O/c1-3-17(11-12-27-2)13-23(25)21-9-4-5-10-22(21)24(26)28-20-8-6-7-18(14-20)19-15-29-16-19/h3-11,14,19,23-24,27-28H,1,12-13,15-16,25-26H2,2H3/b17-11+. The Bertz CT molecular complexity index is 844. The number of ether oxygens (including phenoxy) is 1. The van der Waals surface area contributed by atoms with Gasteiger partial charge in [-0.15, -0.1) is 0 Å². The van der Waals surface area contributed by atoms with Crippen molar-refractivity contribution in [3.63, 3.8) is 0 Å². The predicted octanol–water partition coefficient (Wildman–Crippen LogP) is 3.59. The number of hydrogen-bond acceptors (Lipinski definition) is 5. The van der Waals surface area contributed by atoms with Crippen LogP contribution in [0.2, 0.25) is 0 Å². The topological polar surface area (TPSA) is 85.3 Å². The SMILES string of the molecule is C=C/C(=C\CNC)CC(N)c1ccccc1C(N)Nc1cccc(C2COC2)c1. The number of rotatable bonds is 10. The van der Waals surface area contributed by atoms with Crippen molar-refractivity contribution in [1.29, 1.82) is 0 Å². The Kier molecular flexibility index (Phi) is 7.61. The molecule has 0 amide bonds. The molecule has 1 aliphatic rings. The third-order valence-corrected chi connectivity index (χ3v) is 5.33. The minimum Gasteiger partial charge on any atom is -0.380 e. The van der Waals surface area contributed by atoms with Crippen LogP contribution in [-0.4, -0.2) is 26.8 Å². The number of allylic oxidation sites excluding steroid dienone is 1. The van der Waals surface area contributed by atoms with Crippen molar-refractivity contribution >= 4 is 5.69 Å². The van der Waals surface area contributed by atoms with Crippen LogP contribution < -0.4 is 22.1 Å². The van der Waals surface area contributed by atoms with Crippen LogP contribution in [0.4, 0.5) is 5.69 Å². The second-order valence-corrected chi connectivity index (χ2v) is 7.46. The molecule has 1 aliphatic heterocycles. The van der Waals surface area contributed by atoms with Crippen molar-refractivity contribution in [3.05, 3.63) is 89.5 Å². The van der Waals surface area contributed by atoms with Gasteiger partial charge < -0.3 is 26.8 Å². The molecule has 0 spiro atoms. The van der Waals surface area contributed by atoms with Crippen molar-refractivity contribution in [2.45, 2.75) is 24.5 Å². The molecular formula is C24H32N4O. The molecule has 2 aromatic carbocycles. The fraction of sp³-hybridized carbons (Fsp3) is 0.333. The van der Waals surface area contributed by atoms with E-state index in [0.717, 1.165) is 42.1 Å². The number of nitrogens with two attached hydrogens (primary N) is 2. The molecule has 0 aliphatic carbocycles. The summed E-state index contributed by atoms with van der Waals surface area (Å²) in [5.41, 5.74) is 18.6. The van der Waals surface area contributed by atoms with Crippen LogP contribution in [0, 0.1) is 0 Å². The zero-order chi connectivity index (χ0) is 20.6. The number of nitrogens with one attached hydrogen (secondary N) is 2. The second-order valence-electron chi connectivity index (χ2n) is 7.46. The van der Waals surface area contributed by atoms with E-state index in [1.807, 2.05) is 37.4 Å². The van der Waals surface area contributed by atoms with Gasteiger partial charge in [0.25, 0.3) is 0 Å². The monoisotopic (exact) mass is 392 g/mol. The second kappa shape index (κ2) is 10.4. The summed E-state index contributed by atoms with van der Waals surface area (Å²) in [5, 5.41) is 6.56. The lowest BCUT2D eigenvalue weighted by atomic mass is 9.93. The number of hydrogen-bond donors (Lipinski definition) is 4. The van der Waals surface area contributed by atoms with Crippen LogP contribution in [-0.2, 0) is 4.74 Å². The van der Waals surface area contributed by atoms with Crippen molar-refractivity contribution in [2.24, 2.45) is 11.5 Å². The molecule has 5 heteroatoms. The first kappa shape index (κ1) is 21.3. The van der Waals surface area contributed by atoms with Gasteiger partial charge in [0.15, 0.2) is 0 Å². The number of likely N-dealkylation sites (N-methyl/N-ethyl adjacent to an activating group) is 1. The lowest BCUT2D eigenvalue weighted by Crippen LogP contribution is -2.26. The van der Waals surface area contributed by atoms with Crippen molar-refractivity contribution < 1.29 is 4.74 Å². The van der Waals surface area contributed by atoms with Gasteiger partial charge in [0.2, 0.25) is 0 Å². The molecule has 0 aromatic heterocycles. The third kappa shape index (κ3) is 5.55. The van der Waals surface area contributed by atoms with Gasteiger partial charge in [-0.3, -0.25) is 0 Å². The Morgan fingerprint density at radius 1 is 1.17 bits per heavy atom. The Morgan fingerprint density at radius 2 is 1.93 bits per heavy atom. The molecule has 2 aromatic rings. The van der Waals surface area contributed by atoms with Gasteiger partial charge in [-0.25, -0.2) is 0 Å². The molecule has 29 heavy (non-hydrogen) atoms. The lowest BCUT2D eigenvalue weighted by Gasteiger charge is -2.27. The van der Waals surface area contributed by atoms with Gasteiger partial charge in [-0.05, 0) is 47.9 Å². The van der Waals surface area contributed by atoms with Crippen LogP contribution in [0.15, 0.2) is 72.8 Å². The quantitative estimate of drug-likeness (QED) is 0.367. The van der Waals surface area contributed by atoms with Crippen molar-refractivity contribution in [2.75, 3.05) is 32.1 Å². The average Bonchev–Trinajstić information content (AvgIpc) is 2.70. The Labute approximate surface area is 173 Å². The number of benzene rings is 2. The molecule has 0 saturated carbocycles. The molecule has 6 N–H and O–H groups in total. The zero-order valence-electron chi connectivity index (χ0n) is 17.1. The van der Waals surface area contributed by atoms with E-state index >= 15 is 0 Å². The van der Waals surface area contributed by atoms with Crippen LogP contribution in [0.1, 0.15) is 41.2 Å². The van der Waals surface area contributed by atoms with Crippen molar-refractivity contribution in [3.8, 4) is 0 Å². The maximum absolute atomic E-state index is 6.56. The van der Waals surface area contributed by atoms with Gasteiger partial charge >= 0.3 is 0 Å². The van der Waals surface area contributed by atoms with E-state index in [1.165, 1.54) is 5.56 Å². The fourth-order valence-electron chi connectivity index (χ4n) is 3.55. The van der Waals surface area contributed by atoms with E-state index in [-0.39, 0.29) is 12.2 Å². The minimum atomic E-state index is -0.349. The molecule has 154 valence electrons.